The summed E-state index contributed by atoms with van der Waals surface area (Å²) in [5.41, 5.74) is -0.495. The van der Waals surface area contributed by atoms with Gasteiger partial charge in [-0.05, 0) is 56.7 Å². The molecule has 2 saturated heterocycles. The fraction of sp³-hybridized carbons (Fsp3) is 0.560. The third-order valence-corrected chi connectivity index (χ3v) is 7.10. The molecule has 190 valence electrons. The first-order valence-electron chi connectivity index (χ1n) is 12.1. The summed E-state index contributed by atoms with van der Waals surface area (Å²) in [6.07, 6.45) is 3.27. The highest BCUT2D eigenvalue weighted by molar-refractivity contribution is 6.30. The van der Waals surface area contributed by atoms with Crippen molar-refractivity contribution in [2.24, 2.45) is 0 Å². The van der Waals surface area contributed by atoms with Gasteiger partial charge in [0.05, 0.1) is 0 Å². The molecule has 2 aliphatic heterocycles. The number of fused-ring (bicyclic) bond motifs is 1. The standard InChI is InChI=1S/C25H33ClN4O5/c1-3-25(2)24(35)28-19(15-16-9-11-17(26)12-10-16)23(34)30-13-6-8-20(30)22(33)27-18(21(32)29-25)7-4-5-14-31/h9-12,14,18-20H,3-8,13,15H2,1-2H3,(H,27,33)(H,28,35)(H,29,32)/t18-,19-,20+,25-/m0/s1. The molecule has 4 amide bonds. The molecule has 1 aromatic carbocycles. The van der Waals surface area contributed by atoms with Crippen LogP contribution in [0.1, 0.15) is 57.9 Å². The molecular formula is C25H33ClN4O5. The Morgan fingerprint density at radius 2 is 1.80 bits per heavy atom. The summed E-state index contributed by atoms with van der Waals surface area (Å²) < 4.78 is 0. The summed E-state index contributed by atoms with van der Waals surface area (Å²) in [5, 5.41) is 8.96. The van der Waals surface area contributed by atoms with Crippen molar-refractivity contribution in [3.8, 4) is 0 Å². The number of nitrogens with one attached hydrogen (secondary N) is 3. The van der Waals surface area contributed by atoms with E-state index in [2.05, 4.69) is 16.0 Å². The van der Waals surface area contributed by atoms with Gasteiger partial charge in [-0.25, -0.2) is 0 Å². The molecule has 10 heteroatoms. The van der Waals surface area contributed by atoms with Gasteiger partial charge >= 0.3 is 0 Å². The monoisotopic (exact) mass is 504 g/mol. The number of aldehydes is 1. The lowest BCUT2D eigenvalue weighted by molar-refractivity contribution is -0.144. The van der Waals surface area contributed by atoms with E-state index in [1.807, 2.05) is 0 Å². The molecule has 0 radical (unpaired) electrons. The number of carbonyl (C=O) groups excluding carboxylic acids is 5. The Morgan fingerprint density at radius 1 is 1.09 bits per heavy atom. The van der Waals surface area contributed by atoms with E-state index in [1.165, 1.54) is 4.90 Å². The topological polar surface area (TPSA) is 125 Å². The van der Waals surface area contributed by atoms with E-state index in [-0.39, 0.29) is 31.6 Å². The lowest BCUT2D eigenvalue weighted by atomic mass is 9.94. The van der Waals surface area contributed by atoms with Gasteiger partial charge in [-0.15, -0.1) is 0 Å². The second kappa shape index (κ2) is 11.7. The van der Waals surface area contributed by atoms with Gasteiger partial charge in [-0.2, -0.15) is 0 Å². The van der Waals surface area contributed by atoms with Crippen LogP contribution in [0.4, 0.5) is 0 Å². The molecule has 35 heavy (non-hydrogen) atoms. The van der Waals surface area contributed by atoms with Gasteiger partial charge < -0.3 is 25.6 Å². The van der Waals surface area contributed by atoms with Crippen LogP contribution in [0, 0.1) is 0 Å². The van der Waals surface area contributed by atoms with Crippen LogP contribution in [-0.4, -0.2) is 65.0 Å². The van der Waals surface area contributed by atoms with E-state index >= 15 is 0 Å². The predicted molar refractivity (Wildman–Crippen MR) is 131 cm³/mol. The largest absolute Gasteiger partial charge is 0.343 e. The van der Waals surface area contributed by atoms with E-state index < -0.39 is 41.4 Å². The van der Waals surface area contributed by atoms with Gasteiger partial charge in [0.15, 0.2) is 0 Å². The molecule has 1 aromatic rings. The third kappa shape index (κ3) is 6.39. The van der Waals surface area contributed by atoms with Gasteiger partial charge in [0.2, 0.25) is 23.6 Å². The summed E-state index contributed by atoms with van der Waals surface area (Å²) in [6, 6.07) is 4.45. The summed E-state index contributed by atoms with van der Waals surface area (Å²) in [6.45, 7) is 3.74. The minimum absolute atomic E-state index is 0.217. The number of halogens is 1. The SMILES string of the molecule is CC[C@]1(C)NC(=O)[C@H](CCCC=O)NC(=O)[C@H]2CCCN2C(=O)[C@H](Cc2ccc(Cl)cc2)NC1=O. The van der Waals surface area contributed by atoms with Crippen molar-refractivity contribution in [1.29, 1.82) is 0 Å². The molecule has 3 N–H and O–H groups in total. The first-order chi connectivity index (χ1) is 16.7. The van der Waals surface area contributed by atoms with Crippen LogP contribution in [0.3, 0.4) is 0 Å². The van der Waals surface area contributed by atoms with Crippen molar-refractivity contribution in [2.45, 2.75) is 82.5 Å². The molecule has 0 saturated carbocycles. The Balaban J connectivity index is 1.95. The molecule has 0 aliphatic carbocycles. The Hall–Kier alpha value is -2.94. The van der Waals surface area contributed by atoms with Crippen LogP contribution in [0.25, 0.3) is 0 Å². The minimum atomic E-state index is -1.30. The van der Waals surface area contributed by atoms with Crippen LogP contribution < -0.4 is 16.0 Å². The maximum atomic E-state index is 13.6. The van der Waals surface area contributed by atoms with Crippen LogP contribution >= 0.6 is 11.6 Å². The molecule has 2 aliphatic rings. The zero-order valence-electron chi connectivity index (χ0n) is 20.1. The molecule has 2 heterocycles. The molecule has 3 rings (SSSR count). The second-order valence-corrected chi connectivity index (χ2v) is 9.82. The lowest BCUT2D eigenvalue weighted by Gasteiger charge is -2.35. The van der Waals surface area contributed by atoms with Gasteiger partial charge in [-0.1, -0.05) is 30.7 Å². The fourth-order valence-corrected chi connectivity index (χ4v) is 4.61. The highest BCUT2D eigenvalue weighted by Gasteiger charge is 2.43. The Morgan fingerprint density at radius 3 is 2.46 bits per heavy atom. The normalized spacial score (nSPS) is 27.7. The van der Waals surface area contributed by atoms with Crippen molar-refractivity contribution in [2.75, 3.05) is 6.54 Å². The molecule has 9 nitrogen and oxygen atoms in total. The molecular weight excluding hydrogens is 472 g/mol. The highest BCUT2D eigenvalue weighted by atomic mass is 35.5. The average molecular weight is 505 g/mol. The number of amides is 4. The second-order valence-electron chi connectivity index (χ2n) is 9.38. The summed E-state index contributed by atoms with van der Waals surface area (Å²) in [7, 11) is 0. The number of unbranched alkanes of at least 4 members (excludes halogenated alkanes) is 1. The van der Waals surface area contributed by atoms with E-state index in [4.69, 9.17) is 11.6 Å². The first-order valence-corrected chi connectivity index (χ1v) is 12.5. The number of hydrogen-bond donors (Lipinski definition) is 3. The van der Waals surface area contributed by atoms with Crippen LogP contribution in [-0.2, 0) is 30.4 Å². The number of nitrogens with zero attached hydrogens (tertiary/aromatic N) is 1. The van der Waals surface area contributed by atoms with E-state index in [0.717, 1.165) is 11.8 Å². The average Bonchev–Trinajstić information content (AvgIpc) is 3.33. The molecule has 4 atom stereocenters. The predicted octanol–water partition coefficient (Wildman–Crippen LogP) is 1.51. The minimum Gasteiger partial charge on any atom is -0.343 e. The maximum Gasteiger partial charge on any atom is 0.246 e. The molecule has 0 unspecified atom stereocenters. The Labute approximate surface area is 210 Å². The highest BCUT2D eigenvalue weighted by Crippen LogP contribution is 2.22. The first kappa shape index (κ1) is 26.7. The van der Waals surface area contributed by atoms with Crippen LogP contribution in [0.2, 0.25) is 5.02 Å². The van der Waals surface area contributed by atoms with Crippen molar-refractivity contribution in [1.82, 2.24) is 20.9 Å². The Kier molecular flexibility index (Phi) is 8.88. The summed E-state index contributed by atoms with van der Waals surface area (Å²) >= 11 is 5.99. The van der Waals surface area contributed by atoms with Gasteiger partial charge in [-0.3, -0.25) is 19.2 Å². The van der Waals surface area contributed by atoms with Crippen molar-refractivity contribution in [3.63, 3.8) is 0 Å². The molecule has 0 spiro atoms. The summed E-state index contributed by atoms with van der Waals surface area (Å²) in [5.74, 6) is -1.71. The van der Waals surface area contributed by atoms with E-state index in [1.54, 1.807) is 38.1 Å². The quantitative estimate of drug-likeness (QED) is 0.383. The van der Waals surface area contributed by atoms with Gasteiger partial charge in [0.1, 0.15) is 30.0 Å². The maximum absolute atomic E-state index is 13.6. The smallest absolute Gasteiger partial charge is 0.246 e. The van der Waals surface area contributed by atoms with Gasteiger partial charge in [0, 0.05) is 24.4 Å². The zero-order valence-corrected chi connectivity index (χ0v) is 20.9. The van der Waals surface area contributed by atoms with Crippen LogP contribution in [0.15, 0.2) is 24.3 Å². The Bertz CT molecular complexity index is 969. The number of carbonyl (C=O) groups is 5. The number of hydrogen-bond acceptors (Lipinski definition) is 5. The van der Waals surface area contributed by atoms with Gasteiger partial charge in [0.25, 0.3) is 0 Å². The van der Waals surface area contributed by atoms with E-state index in [0.29, 0.717) is 30.8 Å². The molecule has 0 bridgehead atoms. The molecule has 2 fully saturated rings. The van der Waals surface area contributed by atoms with E-state index in [9.17, 15) is 24.0 Å². The van der Waals surface area contributed by atoms with Crippen molar-refractivity contribution >= 4 is 41.5 Å². The van der Waals surface area contributed by atoms with Crippen molar-refractivity contribution < 1.29 is 24.0 Å². The fourth-order valence-electron chi connectivity index (χ4n) is 4.48. The third-order valence-electron chi connectivity index (χ3n) is 6.85. The number of rotatable bonds is 7. The lowest BCUT2D eigenvalue weighted by Crippen LogP contribution is -2.65. The van der Waals surface area contributed by atoms with Crippen molar-refractivity contribution in [3.05, 3.63) is 34.9 Å². The number of benzene rings is 1. The summed E-state index contributed by atoms with van der Waals surface area (Å²) in [4.78, 5) is 65.7. The molecule has 0 aromatic heterocycles. The van der Waals surface area contributed by atoms with Crippen LogP contribution in [0.5, 0.6) is 0 Å². The zero-order chi connectivity index (χ0) is 25.6.